The van der Waals surface area contributed by atoms with Crippen LogP contribution in [-0.4, -0.2) is 27.0 Å². The molecule has 0 aliphatic heterocycles. The average Bonchev–Trinajstić information content (AvgIpc) is 3.37. The van der Waals surface area contributed by atoms with E-state index >= 15 is 0 Å². The van der Waals surface area contributed by atoms with Crippen molar-refractivity contribution in [1.29, 1.82) is 0 Å². The zero-order chi connectivity index (χ0) is 21.1. The maximum absolute atomic E-state index is 12.8. The minimum Gasteiger partial charge on any atom is -0.484 e. The Hall–Kier alpha value is -2.38. The SMILES string of the molecule is C[C@H](NS(=O)(=O)c1ccc(NC(=O)COc2ccccc2)cc1)[C@@H]1C[C@H]2CC[C@H]1C2. The number of hydrogen-bond acceptors (Lipinski definition) is 4. The van der Waals surface area contributed by atoms with Crippen molar-refractivity contribution in [3.8, 4) is 5.75 Å². The van der Waals surface area contributed by atoms with Crippen molar-refractivity contribution in [3.05, 3.63) is 54.6 Å². The lowest BCUT2D eigenvalue weighted by atomic mass is 9.84. The fraction of sp³-hybridized carbons (Fsp3) is 0.435. The molecule has 7 heteroatoms. The van der Waals surface area contributed by atoms with Gasteiger partial charge in [0.05, 0.1) is 4.90 Å². The minimum absolute atomic E-state index is 0.0696. The Morgan fingerprint density at radius 2 is 1.80 bits per heavy atom. The number of anilines is 1. The Labute approximate surface area is 178 Å². The fourth-order valence-corrected chi connectivity index (χ4v) is 6.18. The fourth-order valence-electron chi connectivity index (χ4n) is 4.89. The standard InChI is InChI=1S/C23H28N2O4S/c1-16(22-14-17-7-8-18(22)13-17)25-30(27,28)21-11-9-19(10-12-21)24-23(26)15-29-20-5-3-2-4-6-20/h2-6,9-12,16-18,22,25H,7-8,13-15H2,1H3,(H,24,26)/t16-,17-,18-,22-/m0/s1. The molecule has 160 valence electrons. The summed E-state index contributed by atoms with van der Waals surface area (Å²) in [5.41, 5.74) is 0.525. The van der Waals surface area contributed by atoms with E-state index in [9.17, 15) is 13.2 Å². The predicted molar refractivity (Wildman–Crippen MR) is 116 cm³/mol. The number of carbonyl (C=O) groups is 1. The van der Waals surface area contributed by atoms with Crippen molar-refractivity contribution >= 4 is 21.6 Å². The van der Waals surface area contributed by atoms with Gasteiger partial charge in [-0.15, -0.1) is 0 Å². The molecule has 30 heavy (non-hydrogen) atoms. The third kappa shape index (κ3) is 4.84. The van der Waals surface area contributed by atoms with Crippen molar-refractivity contribution in [2.75, 3.05) is 11.9 Å². The van der Waals surface area contributed by atoms with E-state index in [1.165, 1.54) is 31.4 Å². The molecule has 0 heterocycles. The van der Waals surface area contributed by atoms with E-state index in [0.29, 0.717) is 23.3 Å². The van der Waals surface area contributed by atoms with Crippen molar-refractivity contribution in [3.63, 3.8) is 0 Å². The summed E-state index contributed by atoms with van der Waals surface area (Å²) >= 11 is 0. The van der Waals surface area contributed by atoms with Crippen molar-refractivity contribution in [2.24, 2.45) is 17.8 Å². The lowest BCUT2D eigenvalue weighted by Gasteiger charge is -2.28. The van der Waals surface area contributed by atoms with Crippen LogP contribution >= 0.6 is 0 Å². The van der Waals surface area contributed by atoms with Gasteiger partial charge in [-0.25, -0.2) is 13.1 Å². The second kappa shape index (κ2) is 8.78. The number of para-hydroxylation sites is 1. The number of amides is 1. The molecular weight excluding hydrogens is 400 g/mol. The summed E-state index contributed by atoms with van der Waals surface area (Å²) in [4.78, 5) is 12.3. The summed E-state index contributed by atoms with van der Waals surface area (Å²) in [7, 11) is -3.59. The van der Waals surface area contributed by atoms with Gasteiger partial charge in [0.1, 0.15) is 5.75 Å². The van der Waals surface area contributed by atoms with Crippen LogP contribution in [0.3, 0.4) is 0 Å². The molecular formula is C23H28N2O4S. The van der Waals surface area contributed by atoms with Gasteiger partial charge in [-0.05, 0) is 80.3 Å². The number of benzene rings is 2. The molecule has 0 spiro atoms. The lowest BCUT2D eigenvalue weighted by molar-refractivity contribution is -0.118. The Morgan fingerprint density at radius 1 is 1.07 bits per heavy atom. The quantitative estimate of drug-likeness (QED) is 0.670. The van der Waals surface area contributed by atoms with Gasteiger partial charge in [0, 0.05) is 11.7 Å². The summed E-state index contributed by atoms with van der Waals surface area (Å²) in [6.07, 6.45) is 4.90. The molecule has 2 aromatic carbocycles. The number of rotatable bonds is 8. The van der Waals surface area contributed by atoms with Crippen LogP contribution < -0.4 is 14.8 Å². The van der Waals surface area contributed by atoms with Gasteiger partial charge < -0.3 is 10.1 Å². The van der Waals surface area contributed by atoms with Crippen LogP contribution in [0.2, 0.25) is 0 Å². The van der Waals surface area contributed by atoms with Gasteiger partial charge in [-0.1, -0.05) is 24.6 Å². The maximum Gasteiger partial charge on any atom is 0.262 e. The van der Waals surface area contributed by atoms with Crippen LogP contribution in [0.1, 0.15) is 32.6 Å². The van der Waals surface area contributed by atoms with E-state index < -0.39 is 10.0 Å². The van der Waals surface area contributed by atoms with Gasteiger partial charge in [0.2, 0.25) is 10.0 Å². The topological polar surface area (TPSA) is 84.5 Å². The third-order valence-electron chi connectivity index (χ3n) is 6.34. The molecule has 4 rings (SSSR count). The molecule has 2 aliphatic rings. The summed E-state index contributed by atoms with van der Waals surface area (Å²) in [6.45, 7) is 1.86. The Morgan fingerprint density at radius 3 is 2.43 bits per heavy atom. The average molecular weight is 429 g/mol. The van der Waals surface area contributed by atoms with Crippen LogP contribution in [0.25, 0.3) is 0 Å². The highest BCUT2D eigenvalue weighted by atomic mass is 32.2. The first-order valence-electron chi connectivity index (χ1n) is 10.5. The highest BCUT2D eigenvalue weighted by Gasteiger charge is 2.42. The van der Waals surface area contributed by atoms with E-state index in [2.05, 4.69) is 10.0 Å². The van der Waals surface area contributed by atoms with Crippen LogP contribution in [0.15, 0.2) is 59.5 Å². The molecule has 2 bridgehead atoms. The largest absolute Gasteiger partial charge is 0.484 e. The number of fused-ring (bicyclic) bond motifs is 2. The number of carbonyl (C=O) groups excluding carboxylic acids is 1. The van der Waals surface area contributed by atoms with E-state index in [4.69, 9.17) is 4.74 Å². The zero-order valence-electron chi connectivity index (χ0n) is 17.1. The predicted octanol–water partition coefficient (Wildman–Crippen LogP) is 3.81. The number of hydrogen-bond donors (Lipinski definition) is 2. The normalized spacial score (nSPS) is 23.8. The first-order chi connectivity index (χ1) is 14.4. The van der Waals surface area contributed by atoms with E-state index in [1.54, 1.807) is 24.3 Å². The van der Waals surface area contributed by atoms with Gasteiger partial charge >= 0.3 is 0 Å². The van der Waals surface area contributed by atoms with Crippen LogP contribution in [-0.2, 0) is 14.8 Å². The molecule has 1 amide bonds. The van der Waals surface area contributed by atoms with Crippen molar-refractivity contribution < 1.29 is 17.9 Å². The monoisotopic (exact) mass is 428 g/mol. The molecule has 0 saturated heterocycles. The molecule has 2 fully saturated rings. The van der Waals surface area contributed by atoms with Gasteiger partial charge in [-0.2, -0.15) is 0 Å². The minimum atomic E-state index is -3.59. The molecule has 2 saturated carbocycles. The lowest BCUT2D eigenvalue weighted by Crippen LogP contribution is -2.40. The maximum atomic E-state index is 12.8. The second-order valence-electron chi connectivity index (χ2n) is 8.42. The summed E-state index contributed by atoms with van der Waals surface area (Å²) in [5, 5.41) is 2.72. The van der Waals surface area contributed by atoms with E-state index in [-0.39, 0.29) is 23.5 Å². The van der Waals surface area contributed by atoms with Crippen molar-refractivity contribution in [2.45, 2.75) is 43.5 Å². The molecule has 0 unspecified atom stereocenters. The Bertz CT molecular complexity index is 976. The third-order valence-corrected chi connectivity index (χ3v) is 7.91. The smallest absolute Gasteiger partial charge is 0.262 e. The molecule has 4 atom stereocenters. The highest BCUT2D eigenvalue weighted by Crippen LogP contribution is 2.49. The summed E-state index contributed by atoms with van der Waals surface area (Å²) in [5.74, 6) is 2.17. The summed E-state index contributed by atoms with van der Waals surface area (Å²) < 4.78 is 33.8. The van der Waals surface area contributed by atoms with Crippen molar-refractivity contribution in [1.82, 2.24) is 4.72 Å². The van der Waals surface area contributed by atoms with Crippen LogP contribution in [0.5, 0.6) is 5.75 Å². The van der Waals surface area contributed by atoms with Gasteiger partial charge in [0.15, 0.2) is 6.61 Å². The molecule has 2 aliphatic carbocycles. The molecule has 2 N–H and O–H groups in total. The second-order valence-corrected chi connectivity index (χ2v) is 10.1. The Balaban J connectivity index is 1.31. The highest BCUT2D eigenvalue weighted by molar-refractivity contribution is 7.89. The first kappa shape index (κ1) is 20.9. The van der Waals surface area contributed by atoms with Crippen LogP contribution in [0.4, 0.5) is 5.69 Å². The van der Waals surface area contributed by atoms with Gasteiger partial charge in [0.25, 0.3) is 5.91 Å². The summed E-state index contributed by atoms with van der Waals surface area (Å²) in [6, 6.07) is 15.2. The van der Waals surface area contributed by atoms with Crippen LogP contribution in [0, 0.1) is 17.8 Å². The van der Waals surface area contributed by atoms with E-state index in [1.807, 2.05) is 25.1 Å². The molecule has 2 aromatic rings. The molecule has 6 nitrogen and oxygen atoms in total. The number of sulfonamides is 1. The molecule has 0 aromatic heterocycles. The zero-order valence-corrected chi connectivity index (χ0v) is 17.9. The van der Waals surface area contributed by atoms with Gasteiger partial charge in [-0.3, -0.25) is 4.79 Å². The van der Waals surface area contributed by atoms with E-state index in [0.717, 1.165) is 12.3 Å². The molecule has 0 radical (unpaired) electrons. The first-order valence-corrected chi connectivity index (χ1v) is 12.0. The number of nitrogens with one attached hydrogen (secondary N) is 2. The number of ether oxygens (including phenoxy) is 1. The Kier molecular flexibility index (Phi) is 6.11.